The van der Waals surface area contributed by atoms with Crippen LogP contribution in [0.2, 0.25) is 0 Å². The van der Waals surface area contributed by atoms with Gasteiger partial charge in [-0.1, -0.05) is 48.5 Å². The predicted molar refractivity (Wildman–Crippen MR) is 141 cm³/mol. The van der Waals surface area contributed by atoms with Gasteiger partial charge >= 0.3 is 0 Å². The zero-order valence-corrected chi connectivity index (χ0v) is 21.0. The van der Waals surface area contributed by atoms with Crippen molar-refractivity contribution in [3.8, 4) is 0 Å². The van der Waals surface area contributed by atoms with Gasteiger partial charge in [0.25, 0.3) is 5.56 Å². The summed E-state index contributed by atoms with van der Waals surface area (Å²) in [6.45, 7) is 6.05. The first-order valence-corrected chi connectivity index (χ1v) is 12.3. The molecule has 2 heterocycles. The third kappa shape index (κ3) is 5.98. The molecule has 0 spiro atoms. The number of aryl methyl sites for hydroxylation is 4. The fourth-order valence-corrected chi connectivity index (χ4v) is 4.68. The van der Waals surface area contributed by atoms with Crippen LogP contribution in [0.3, 0.4) is 0 Å². The van der Waals surface area contributed by atoms with E-state index in [2.05, 4.69) is 50.5 Å². The lowest BCUT2D eigenvalue weighted by atomic mass is 10.0. The minimum Gasteiger partial charge on any atom is -0.322 e. The highest BCUT2D eigenvalue weighted by molar-refractivity contribution is 5.83. The molecule has 0 aliphatic heterocycles. The Morgan fingerprint density at radius 2 is 1.70 bits per heavy atom. The van der Waals surface area contributed by atoms with Crippen molar-refractivity contribution >= 4 is 10.9 Å². The van der Waals surface area contributed by atoms with Crippen LogP contribution in [0.25, 0.3) is 10.9 Å². The number of fused-ring (bicyclic) bond motifs is 1. The molecule has 0 aliphatic carbocycles. The number of nitrogens with one attached hydrogen (secondary N) is 1. The average molecular weight is 497 g/mol. The molecule has 0 bridgehead atoms. The molecule has 8 heteroatoms. The number of aromatic nitrogens is 5. The van der Waals surface area contributed by atoms with Crippen molar-refractivity contribution in [2.45, 2.75) is 46.4 Å². The molecule has 0 radical (unpaired) electrons. The Balaban J connectivity index is 1.42. The lowest BCUT2D eigenvalue weighted by Crippen LogP contribution is -2.28. The number of H-pyrrole nitrogens is 1. The third-order valence-electron chi connectivity index (χ3n) is 6.53. The van der Waals surface area contributed by atoms with Crippen LogP contribution in [0.5, 0.6) is 0 Å². The van der Waals surface area contributed by atoms with E-state index < -0.39 is 0 Å². The molecule has 7 nitrogen and oxygen atoms in total. The van der Waals surface area contributed by atoms with Gasteiger partial charge in [0.15, 0.2) is 5.82 Å². The number of aromatic amines is 1. The second kappa shape index (κ2) is 10.8. The number of rotatable bonds is 9. The maximum Gasteiger partial charge on any atom is 0.252 e. The van der Waals surface area contributed by atoms with Crippen LogP contribution in [-0.2, 0) is 32.6 Å². The van der Waals surface area contributed by atoms with Crippen LogP contribution >= 0.6 is 0 Å². The Labute approximate surface area is 214 Å². The van der Waals surface area contributed by atoms with Gasteiger partial charge in [-0.3, -0.25) is 9.69 Å². The summed E-state index contributed by atoms with van der Waals surface area (Å²) in [6, 6.07) is 22.7. The van der Waals surface area contributed by atoms with Gasteiger partial charge in [-0.2, -0.15) is 0 Å². The normalized spacial score (nSPS) is 11.5. The third-order valence-corrected chi connectivity index (χ3v) is 6.53. The summed E-state index contributed by atoms with van der Waals surface area (Å²) >= 11 is 0. The largest absolute Gasteiger partial charge is 0.322 e. The molecule has 37 heavy (non-hydrogen) atoms. The van der Waals surface area contributed by atoms with Crippen molar-refractivity contribution in [2.24, 2.45) is 0 Å². The molecule has 0 saturated heterocycles. The summed E-state index contributed by atoms with van der Waals surface area (Å²) in [5.74, 6) is 0.430. The lowest BCUT2D eigenvalue weighted by Gasteiger charge is -2.22. The molecule has 0 amide bonds. The molecule has 5 rings (SSSR count). The van der Waals surface area contributed by atoms with Crippen LogP contribution in [0.1, 0.15) is 33.6 Å². The van der Waals surface area contributed by atoms with Gasteiger partial charge in [-0.15, -0.1) is 5.10 Å². The van der Waals surface area contributed by atoms with Crippen molar-refractivity contribution in [1.82, 2.24) is 30.1 Å². The number of nitrogens with zero attached hydrogens (tertiary/aromatic N) is 5. The van der Waals surface area contributed by atoms with Crippen molar-refractivity contribution in [3.63, 3.8) is 0 Å². The molecule has 1 N–H and O–H groups in total. The summed E-state index contributed by atoms with van der Waals surface area (Å²) in [7, 11) is 0. The molecule has 0 saturated carbocycles. The molecule has 188 valence electrons. The zero-order chi connectivity index (χ0) is 25.8. The number of tetrazole rings is 1. The van der Waals surface area contributed by atoms with E-state index in [1.54, 1.807) is 12.1 Å². The highest BCUT2D eigenvalue weighted by atomic mass is 19.1. The molecule has 3 aromatic carbocycles. The van der Waals surface area contributed by atoms with Crippen LogP contribution < -0.4 is 5.56 Å². The number of pyridine rings is 1. The SMILES string of the molecule is Cc1cc(C)c2cc(CN(Cc3ccc(F)cc3)Cc3nnnn3CCc3ccccc3)c(=O)[nH]c2c1. The topological polar surface area (TPSA) is 79.7 Å². The fourth-order valence-electron chi connectivity index (χ4n) is 4.68. The van der Waals surface area contributed by atoms with Crippen molar-refractivity contribution in [1.29, 1.82) is 0 Å². The van der Waals surface area contributed by atoms with Gasteiger partial charge in [0.2, 0.25) is 0 Å². The van der Waals surface area contributed by atoms with E-state index in [0.29, 0.717) is 37.6 Å². The number of benzene rings is 3. The standard InChI is InChI=1S/C29H29FN6O/c1-20-14-21(2)26-16-24(29(37)31-27(26)15-20)18-35(17-23-8-10-25(30)11-9-23)19-28-32-33-34-36(28)13-12-22-6-4-3-5-7-22/h3-11,14-16H,12-13,17-19H2,1-2H3,(H,31,37). The molecule has 5 aromatic rings. The summed E-state index contributed by atoms with van der Waals surface area (Å²) < 4.78 is 15.3. The van der Waals surface area contributed by atoms with E-state index in [1.807, 2.05) is 41.9 Å². The smallest absolute Gasteiger partial charge is 0.252 e. The van der Waals surface area contributed by atoms with Gasteiger partial charge in [0, 0.05) is 36.1 Å². The average Bonchev–Trinajstić information content (AvgIpc) is 3.32. The first-order chi connectivity index (χ1) is 17.9. The van der Waals surface area contributed by atoms with Crippen LogP contribution in [0, 0.1) is 19.7 Å². The predicted octanol–water partition coefficient (Wildman–Crippen LogP) is 4.72. The quantitative estimate of drug-likeness (QED) is 0.320. The summed E-state index contributed by atoms with van der Waals surface area (Å²) in [4.78, 5) is 18.2. The fraction of sp³-hybridized carbons (Fsp3) is 0.241. The Hall–Kier alpha value is -4.17. The monoisotopic (exact) mass is 496 g/mol. The van der Waals surface area contributed by atoms with E-state index in [1.165, 1.54) is 17.7 Å². The first-order valence-electron chi connectivity index (χ1n) is 12.3. The molecular weight excluding hydrogens is 467 g/mol. The van der Waals surface area contributed by atoms with Gasteiger partial charge in [0.05, 0.1) is 6.54 Å². The molecule has 0 aliphatic rings. The van der Waals surface area contributed by atoms with Crippen LogP contribution in [-0.4, -0.2) is 30.1 Å². The van der Waals surface area contributed by atoms with Crippen LogP contribution in [0.4, 0.5) is 4.39 Å². The molecular formula is C29H29FN6O. The van der Waals surface area contributed by atoms with E-state index in [-0.39, 0.29) is 11.4 Å². The number of hydrogen-bond donors (Lipinski definition) is 1. The second-order valence-corrected chi connectivity index (χ2v) is 9.49. The van der Waals surface area contributed by atoms with Gasteiger partial charge in [-0.05, 0) is 77.2 Å². The molecule has 0 unspecified atom stereocenters. The number of hydrogen-bond acceptors (Lipinski definition) is 5. The van der Waals surface area contributed by atoms with Gasteiger partial charge in [-0.25, -0.2) is 9.07 Å². The first kappa shape index (κ1) is 24.5. The van der Waals surface area contributed by atoms with Gasteiger partial charge in [0.1, 0.15) is 5.82 Å². The summed E-state index contributed by atoms with van der Waals surface area (Å²) in [5, 5.41) is 13.4. The van der Waals surface area contributed by atoms with E-state index in [9.17, 15) is 9.18 Å². The Morgan fingerprint density at radius 3 is 2.49 bits per heavy atom. The van der Waals surface area contributed by atoms with E-state index in [0.717, 1.165) is 34.0 Å². The zero-order valence-electron chi connectivity index (χ0n) is 21.0. The maximum absolute atomic E-state index is 13.5. The van der Waals surface area contributed by atoms with Crippen LogP contribution in [0.15, 0.2) is 77.6 Å². The molecule has 0 fully saturated rings. The molecule has 2 aromatic heterocycles. The Morgan fingerprint density at radius 1 is 0.919 bits per heavy atom. The van der Waals surface area contributed by atoms with Crippen molar-refractivity contribution in [3.05, 3.63) is 123 Å². The summed E-state index contributed by atoms with van der Waals surface area (Å²) in [6.07, 6.45) is 0.805. The lowest BCUT2D eigenvalue weighted by molar-refractivity contribution is 0.235. The van der Waals surface area contributed by atoms with E-state index >= 15 is 0 Å². The number of halogens is 1. The molecule has 0 atom stereocenters. The maximum atomic E-state index is 13.5. The highest BCUT2D eigenvalue weighted by Crippen LogP contribution is 2.20. The minimum absolute atomic E-state index is 0.120. The Kier molecular flexibility index (Phi) is 7.18. The summed E-state index contributed by atoms with van der Waals surface area (Å²) in [5.41, 5.74) is 5.74. The van der Waals surface area contributed by atoms with Crippen molar-refractivity contribution < 1.29 is 4.39 Å². The van der Waals surface area contributed by atoms with Crippen molar-refractivity contribution in [2.75, 3.05) is 0 Å². The second-order valence-electron chi connectivity index (χ2n) is 9.49. The van der Waals surface area contributed by atoms with E-state index in [4.69, 9.17) is 0 Å². The Bertz CT molecular complexity index is 1560. The van der Waals surface area contributed by atoms with Gasteiger partial charge < -0.3 is 4.98 Å². The highest BCUT2D eigenvalue weighted by Gasteiger charge is 2.16. The minimum atomic E-state index is -0.281.